The molecule has 0 aromatic heterocycles. The van der Waals surface area contributed by atoms with Crippen molar-refractivity contribution in [2.75, 3.05) is 19.0 Å². The maximum Gasteiger partial charge on any atom is 0.294 e. The van der Waals surface area contributed by atoms with E-state index in [2.05, 4.69) is 34.0 Å². The van der Waals surface area contributed by atoms with Crippen molar-refractivity contribution in [3.63, 3.8) is 0 Å². The smallest absolute Gasteiger partial charge is 0.294 e. The first kappa shape index (κ1) is 27.5. The summed E-state index contributed by atoms with van der Waals surface area (Å²) in [6.07, 6.45) is 1.51. The Bertz CT molecular complexity index is 1490. The number of imide groups is 1. The van der Waals surface area contributed by atoms with E-state index in [-0.39, 0.29) is 22.3 Å². The molecule has 0 unspecified atom stereocenters. The molecular weight excluding hydrogens is 641 g/mol. The first-order valence-corrected chi connectivity index (χ1v) is 13.4. The Morgan fingerprint density at radius 2 is 1.92 bits per heavy atom. The van der Waals surface area contributed by atoms with Gasteiger partial charge in [0.1, 0.15) is 13.2 Å². The van der Waals surface area contributed by atoms with Gasteiger partial charge in [0.2, 0.25) is 5.91 Å². The number of rotatable bonds is 8. The van der Waals surface area contributed by atoms with E-state index in [0.29, 0.717) is 28.1 Å². The molecule has 1 aliphatic rings. The molecule has 1 fully saturated rings. The van der Waals surface area contributed by atoms with Crippen molar-refractivity contribution in [2.45, 2.75) is 6.61 Å². The number of anilines is 1. The van der Waals surface area contributed by atoms with Crippen molar-refractivity contribution in [1.82, 2.24) is 4.90 Å². The molecule has 0 spiro atoms. The van der Waals surface area contributed by atoms with E-state index in [1.807, 2.05) is 12.1 Å². The minimum absolute atomic E-state index is 0.0995. The Hall–Kier alpha value is -3.53. The van der Waals surface area contributed by atoms with Crippen LogP contribution in [0.25, 0.3) is 6.08 Å². The SMILES string of the molecule is COc1cc(/C=C2\SC(=O)N(CC(=O)Nc3ccc(I)cc3)C2=O)cc(Cl)c1OCc1ccccc1C#N. The van der Waals surface area contributed by atoms with Crippen LogP contribution in [0.2, 0.25) is 5.02 Å². The molecule has 1 heterocycles. The van der Waals surface area contributed by atoms with Crippen LogP contribution in [0.3, 0.4) is 0 Å². The molecule has 3 aromatic carbocycles. The van der Waals surface area contributed by atoms with Gasteiger partial charge in [-0.3, -0.25) is 19.3 Å². The highest BCUT2D eigenvalue weighted by molar-refractivity contribution is 14.1. The Labute approximate surface area is 241 Å². The summed E-state index contributed by atoms with van der Waals surface area (Å²) in [5, 5.41) is 11.6. The van der Waals surface area contributed by atoms with Crippen LogP contribution in [0.4, 0.5) is 10.5 Å². The van der Waals surface area contributed by atoms with Crippen LogP contribution in [-0.4, -0.2) is 35.6 Å². The highest BCUT2D eigenvalue weighted by Gasteiger charge is 2.36. The molecule has 0 atom stereocenters. The van der Waals surface area contributed by atoms with Gasteiger partial charge in [0, 0.05) is 14.8 Å². The fourth-order valence-electron chi connectivity index (χ4n) is 3.53. The molecule has 3 amide bonds. The lowest BCUT2D eigenvalue weighted by Crippen LogP contribution is -2.36. The molecule has 1 N–H and O–H groups in total. The molecule has 1 aliphatic heterocycles. The van der Waals surface area contributed by atoms with Gasteiger partial charge < -0.3 is 14.8 Å². The fourth-order valence-corrected chi connectivity index (χ4v) is 5.00. The largest absolute Gasteiger partial charge is 0.493 e. The molecule has 0 saturated carbocycles. The number of thioether (sulfide) groups is 1. The maximum atomic E-state index is 12.9. The predicted octanol–water partition coefficient (Wildman–Crippen LogP) is 6.08. The van der Waals surface area contributed by atoms with E-state index in [0.717, 1.165) is 20.2 Å². The van der Waals surface area contributed by atoms with E-state index in [9.17, 15) is 19.6 Å². The van der Waals surface area contributed by atoms with Gasteiger partial charge in [-0.25, -0.2) is 0 Å². The number of halogens is 2. The quantitative estimate of drug-likeness (QED) is 0.231. The molecule has 11 heteroatoms. The topological polar surface area (TPSA) is 109 Å². The standard InChI is InChI=1S/C27H19ClIN3O5S/c1-36-22-11-16(10-21(28)25(22)37-15-18-5-3-2-4-17(18)13-30)12-23-26(34)32(27(35)38-23)14-24(33)31-20-8-6-19(29)7-9-20/h2-12H,14-15H2,1H3,(H,31,33)/b23-12-. The van der Waals surface area contributed by atoms with Gasteiger partial charge in [0.15, 0.2) is 11.5 Å². The van der Waals surface area contributed by atoms with Crippen molar-refractivity contribution in [1.29, 1.82) is 5.26 Å². The van der Waals surface area contributed by atoms with Crippen molar-refractivity contribution in [2.24, 2.45) is 0 Å². The molecule has 0 radical (unpaired) electrons. The average molecular weight is 660 g/mol. The summed E-state index contributed by atoms with van der Waals surface area (Å²) in [6.45, 7) is -0.308. The van der Waals surface area contributed by atoms with Gasteiger partial charge in [-0.1, -0.05) is 29.8 Å². The van der Waals surface area contributed by atoms with Crippen LogP contribution in [0.15, 0.2) is 65.6 Å². The Balaban J connectivity index is 1.48. The minimum atomic E-state index is -0.582. The summed E-state index contributed by atoms with van der Waals surface area (Å²) in [6, 6.07) is 19.5. The third-order valence-corrected chi connectivity index (χ3v) is 7.27. The summed E-state index contributed by atoms with van der Waals surface area (Å²) in [7, 11) is 1.45. The van der Waals surface area contributed by atoms with Crippen molar-refractivity contribution >= 4 is 74.8 Å². The number of nitrogens with one attached hydrogen (secondary N) is 1. The van der Waals surface area contributed by atoms with Crippen LogP contribution in [0.1, 0.15) is 16.7 Å². The van der Waals surface area contributed by atoms with E-state index < -0.39 is 23.6 Å². The van der Waals surface area contributed by atoms with Crippen LogP contribution < -0.4 is 14.8 Å². The third-order valence-electron chi connectivity index (χ3n) is 5.36. The average Bonchev–Trinajstić information content (AvgIpc) is 3.16. The zero-order valence-electron chi connectivity index (χ0n) is 19.9. The molecule has 1 saturated heterocycles. The molecule has 0 bridgehead atoms. The van der Waals surface area contributed by atoms with E-state index in [1.54, 1.807) is 48.5 Å². The van der Waals surface area contributed by atoms with Gasteiger partial charge in [-0.05, 0) is 88.5 Å². The summed E-state index contributed by atoms with van der Waals surface area (Å²) < 4.78 is 12.3. The highest BCUT2D eigenvalue weighted by atomic mass is 127. The minimum Gasteiger partial charge on any atom is -0.493 e. The van der Waals surface area contributed by atoms with Gasteiger partial charge in [-0.15, -0.1) is 0 Å². The summed E-state index contributed by atoms with van der Waals surface area (Å²) in [4.78, 5) is 38.8. The Morgan fingerprint density at radius 1 is 1.18 bits per heavy atom. The van der Waals surface area contributed by atoms with Gasteiger partial charge >= 0.3 is 0 Å². The number of nitrogens with zero attached hydrogens (tertiary/aromatic N) is 2. The van der Waals surface area contributed by atoms with Crippen molar-refractivity contribution in [3.8, 4) is 17.6 Å². The van der Waals surface area contributed by atoms with Gasteiger partial charge in [-0.2, -0.15) is 5.26 Å². The highest BCUT2D eigenvalue weighted by Crippen LogP contribution is 2.39. The van der Waals surface area contributed by atoms with Crippen LogP contribution >= 0.6 is 46.0 Å². The molecule has 38 heavy (non-hydrogen) atoms. The normalized spacial score (nSPS) is 13.9. The van der Waals surface area contributed by atoms with E-state index in [1.165, 1.54) is 13.2 Å². The third kappa shape index (κ3) is 6.48. The van der Waals surface area contributed by atoms with Crippen LogP contribution in [0.5, 0.6) is 11.5 Å². The molecule has 3 aromatic rings. The summed E-state index contributed by atoms with van der Waals surface area (Å²) >= 11 is 9.35. The van der Waals surface area contributed by atoms with Gasteiger partial charge in [0.05, 0.1) is 28.7 Å². The number of hydrogen-bond donors (Lipinski definition) is 1. The monoisotopic (exact) mass is 659 g/mol. The summed E-state index contributed by atoms with van der Waals surface area (Å²) in [5.41, 5.74) is 2.25. The first-order chi connectivity index (χ1) is 18.3. The predicted molar refractivity (Wildman–Crippen MR) is 154 cm³/mol. The Kier molecular flexibility index (Phi) is 8.93. The number of ether oxygens (including phenoxy) is 2. The zero-order valence-corrected chi connectivity index (χ0v) is 23.6. The van der Waals surface area contributed by atoms with Crippen molar-refractivity contribution in [3.05, 3.63) is 90.9 Å². The number of hydrogen-bond acceptors (Lipinski definition) is 7. The number of carbonyl (C=O) groups is 3. The molecule has 4 rings (SSSR count). The van der Waals surface area contributed by atoms with E-state index in [4.69, 9.17) is 21.1 Å². The van der Waals surface area contributed by atoms with Crippen LogP contribution in [0, 0.1) is 14.9 Å². The first-order valence-electron chi connectivity index (χ1n) is 11.1. The zero-order chi connectivity index (χ0) is 27.2. The number of methoxy groups -OCH3 is 1. The van der Waals surface area contributed by atoms with Crippen molar-refractivity contribution < 1.29 is 23.9 Å². The number of nitriles is 1. The fraction of sp³-hybridized carbons (Fsp3) is 0.111. The van der Waals surface area contributed by atoms with E-state index >= 15 is 0 Å². The second kappa shape index (κ2) is 12.3. The molecular formula is C27H19ClIN3O5S. The second-order valence-corrected chi connectivity index (χ2v) is 10.6. The number of carbonyl (C=O) groups excluding carboxylic acids is 3. The molecule has 0 aliphatic carbocycles. The van der Waals surface area contributed by atoms with Gasteiger partial charge in [0.25, 0.3) is 11.1 Å². The lowest BCUT2D eigenvalue weighted by atomic mass is 10.1. The number of amides is 3. The van der Waals surface area contributed by atoms with Crippen LogP contribution in [-0.2, 0) is 16.2 Å². The maximum absolute atomic E-state index is 12.9. The second-order valence-electron chi connectivity index (χ2n) is 7.91. The molecule has 8 nitrogen and oxygen atoms in total. The molecule has 192 valence electrons. The lowest BCUT2D eigenvalue weighted by molar-refractivity contribution is -0.127. The Morgan fingerprint density at radius 3 is 2.63 bits per heavy atom. The lowest BCUT2D eigenvalue weighted by Gasteiger charge is -2.14. The summed E-state index contributed by atoms with van der Waals surface area (Å²) in [5.74, 6) is -0.478. The number of benzene rings is 3.